The summed E-state index contributed by atoms with van der Waals surface area (Å²) in [6.45, 7) is 2.93. The van der Waals surface area contributed by atoms with E-state index in [0.717, 1.165) is 11.3 Å². The van der Waals surface area contributed by atoms with Crippen LogP contribution in [0.5, 0.6) is 0 Å². The first-order chi connectivity index (χ1) is 10.1. The molecule has 2 aromatic rings. The molecule has 1 atom stereocenters. The van der Waals surface area contributed by atoms with Crippen LogP contribution in [0.1, 0.15) is 11.3 Å². The lowest BCUT2D eigenvalue weighted by Crippen LogP contribution is -2.29. The highest BCUT2D eigenvalue weighted by molar-refractivity contribution is 5.62. The SMILES string of the molecule is COC[C@H](O)CNCc1ccc(-c2cccc(F)c2C)o1. The van der Waals surface area contributed by atoms with E-state index in [1.165, 1.54) is 6.07 Å². The summed E-state index contributed by atoms with van der Waals surface area (Å²) in [7, 11) is 1.54. The molecule has 114 valence electrons. The molecule has 1 aromatic heterocycles. The summed E-state index contributed by atoms with van der Waals surface area (Å²) in [5.41, 5.74) is 1.32. The number of hydrogen-bond donors (Lipinski definition) is 2. The van der Waals surface area contributed by atoms with Gasteiger partial charge in [0.2, 0.25) is 0 Å². The molecular weight excluding hydrogens is 273 g/mol. The lowest BCUT2D eigenvalue weighted by molar-refractivity contribution is 0.0641. The number of furan rings is 1. The number of methoxy groups -OCH3 is 1. The molecule has 1 aromatic carbocycles. The number of aliphatic hydroxyl groups is 1. The van der Waals surface area contributed by atoms with E-state index in [9.17, 15) is 9.50 Å². The van der Waals surface area contributed by atoms with Crippen molar-refractivity contribution in [1.29, 1.82) is 0 Å². The van der Waals surface area contributed by atoms with Gasteiger partial charge in [-0.3, -0.25) is 0 Å². The van der Waals surface area contributed by atoms with Gasteiger partial charge in [-0.1, -0.05) is 12.1 Å². The molecule has 4 nitrogen and oxygen atoms in total. The highest BCUT2D eigenvalue weighted by Gasteiger charge is 2.10. The van der Waals surface area contributed by atoms with Gasteiger partial charge < -0.3 is 19.6 Å². The number of rotatable bonds is 7. The maximum Gasteiger partial charge on any atom is 0.134 e. The normalized spacial score (nSPS) is 12.6. The Morgan fingerprint density at radius 3 is 2.90 bits per heavy atom. The fourth-order valence-electron chi connectivity index (χ4n) is 2.11. The van der Waals surface area contributed by atoms with E-state index in [2.05, 4.69) is 5.32 Å². The lowest BCUT2D eigenvalue weighted by atomic mass is 10.1. The van der Waals surface area contributed by atoms with Crippen molar-refractivity contribution in [2.45, 2.75) is 19.6 Å². The fourth-order valence-corrected chi connectivity index (χ4v) is 2.11. The molecule has 0 unspecified atom stereocenters. The van der Waals surface area contributed by atoms with Gasteiger partial charge in [-0.25, -0.2) is 4.39 Å². The maximum atomic E-state index is 13.5. The second kappa shape index (κ2) is 7.36. The Hall–Kier alpha value is -1.69. The van der Waals surface area contributed by atoms with Gasteiger partial charge in [0.05, 0.1) is 19.3 Å². The molecule has 0 aliphatic heterocycles. The van der Waals surface area contributed by atoms with Crippen LogP contribution < -0.4 is 5.32 Å². The van der Waals surface area contributed by atoms with Crippen LogP contribution in [0, 0.1) is 12.7 Å². The topological polar surface area (TPSA) is 54.6 Å². The summed E-state index contributed by atoms with van der Waals surface area (Å²) in [4.78, 5) is 0. The van der Waals surface area contributed by atoms with Crippen molar-refractivity contribution in [2.24, 2.45) is 0 Å². The number of halogens is 1. The van der Waals surface area contributed by atoms with Crippen molar-refractivity contribution < 1.29 is 18.7 Å². The summed E-state index contributed by atoms with van der Waals surface area (Å²) >= 11 is 0. The van der Waals surface area contributed by atoms with E-state index in [1.54, 1.807) is 20.1 Å². The Labute approximate surface area is 123 Å². The van der Waals surface area contributed by atoms with Gasteiger partial charge in [-0.05, 0) is 30.7 Å². The molecule has 0 bridgehead atoms. The van der Waals surface area contributed by atoms with Gasteiger partial charge in [-0.15, -0.1) is 0 Å². The van der Waals surface area contributed by atoms with Crippen LogP contribution >= 0.6 is 0 Å². The molecule has 5 heteroatoms. The third-order valence-electron chi connectivity index (χ3n) is 3.23. The van der Waals surface area contributed by atoms with Crippen molar-refractivity contribution >= 4 is 0 Å². The smallest absolute Gasteiger partial charge is 0.134 e. The predicted molar refractivity (Wildman–Crippen MR) is 78.4 cm³/mol. The largest absolute Gasteiger partial charge is 0.460 e. The van der Waals surface area contributed by atoms with Crippen LogP contribution in [0.25, 0.3) is 11.3 Å². The zero-order valence-corrected chi connectivity index (χ0v) is 12.2. The molecule has 2 N–H and O–H groups in total. The molecule has 0 amide bonds. The van der Waals surface area contributed by atoms with Crippen molar-refractivity contribution in [3.05, 3.63) is 47.5 Å². The van der Waals surface area contributed by atoms with Gasteiger partial charge in [0.1, 0.15) is 17.3 Å². The Balaban J connectivity index is 1.97. The van der Waals surface area contributed by atoms with E-state index in [0.29, 0.717) is 31.0 Å². The van der Waals surface area contributed by atoms with E-state index < -0.39 is 6.10 Å². The number of benzene rings is 1. The Kier molecular flexibility index (Phi) is 5.50. The van der Waals surface area contributed by atoms with Gasteiger partial charge in [0.15, 0.2) is 0 Å². The van der Waals surface area contributed by atoms with Crippen LogP contribution in [0.15, 0.2) is 34.7 Å². The third kappa shape index (κ3) is 4.14. The third-order valence-corrected chi connectivity index (χ3v) is 3.23. The highest BCUT2D eigenvalue weighted by Crippen LogP contribution is 2.26. The first-order valence-electron chi connectivity index (χ1n) is 6.83. The summed E-state index contributed by atoms with van der Waals surface area (Å²) in [6, 6.07) is 8.59. The van der Waals surface area contributed by atoms with E-state index >= 15 is 0 Å². The molecule has 2 rings (SSSR count). The average molecular weight is 293 g/mol. The van der Waals surface area contributed by atoms with Crippen LogP contribution in [0.2, 0.25) is 0 Å². The first-order valence-corrected chi connectivity index (χ1v) is 6.83. The van der Waals surface area contributed by atoms with Crippen molar-refractivity contribution in [2.75, 3.05) is 20.3 Å². The minimum absolute atomic E-state index is 0.244. The van der Waals surface area contributed by atoms with Gasteiger partial charge in [0.25, 0.3) is 0 Å². The second-order valence-electron chi connectivity index (χ2n) is 4.92. The number of aliphatic hydroxyl groups excluding tert-OH is 1. The van der Waals surface area contributed by atoms with Gasteiger partial charge in [0, 0.05) is 19.2 Å². The molecule has 0 aliphatic rings. The van der Waals surface area contributed by atoms with Crippen molar-refractivity contribution in [3.8, 4) is 11.3 Å². The molecule has 0 saturated heterocycles. The minimum Gasteiger partial charge on any atom is -0.460 e. The van der Waals surface area contributed by atoms with Crippen molar-refractivity contribution in [3.63, 3.8) is 0 Å². The minimum atomic E-state index is -0.546. The lowest BCUT2D eigenvalue weighted by Gasteiger charge is -2.09. The van der Waals surface area contributed by atoms with E-state index in [4.69, 9.17) is 9.15 Å². The van der Waals surface area contributed by atoms with Crippen LogP contribution in [0.4, 0.5) is 4.39 Å². The van der Waals surface area contributed by atoms with Crippen LogP contribution in [0.3, 0.4) is 0 Å². The maximum absolute atomic E-state index is 13.5. The Bertz CT molecular complexity index is 583. The monoisotopic (exact) mass is 293 g/mol. The van der Waals surface area contributed by atoms with E-state index in [-0.39, 0.29) is 5.82 Å². The molecule has 0 saturated carbocycles. The predicted octanol–water partition coefficient (Wildman–Crippen LogP) is 2.49. The standard InChI is InChI=1S/C16H20FNO3/c1-11-14(4-3-5-15(11)17)16-7-6-13(21-16)9-18-8-12(19)10-20-2/h3-7,12,18-19H,8-10H2,1-2H3/t12-/m1/s1. The van der Waals surface area contributed by atoms with Crippen LogP contribution in [-0.2, 0) is 11.3 Å². The zero-order chi connectivity index (χ0) is 15.2. The second-order valence-corrected chi connectivity index (χ2v) is 4.92. The zero-order valence-electron chi connectivity index (χ0n) is 12.2. The number of nitrogens with one attached hydrogen (secondary N) is 1. The van der Waals surface area contributed by atoms with Crippen molar-refractivity contribution in [1.82, 2.24) is 5.32 Å². The summed E-state index contributed by atoms with van der Waals surface area (Å²) in [5.74, 6) is 1.13. The average Bonchev–Trinajstić information content (AvgIpc) is 2.91. The quantitative estimate of drug-likeness (QED) is 0.823. The molecule has 0 fully saturated rings. The number of hydrogen-bond acceptors (Lipinski definition) is 4. The first kappa shape index (κ1) is 15.7. The highest BCUT2D eigenvalue weighted by atomic mass is 19.1. The molecule has 0 aliphatic carbocycles. The van der Waals surface area contributed by atoms with Gasteiger partial charge in [-0.2, -0.15) is 0 Å². The van der Waals surface area contributed by atoms with E-state index in [1.807, 2.05) is 18.2 Å². The van der Waals surface area contributed by atoms with Gasteiger partial charge >= 0.3 is 0 Å². The molecule has 0 radical (unpaired) electrons. The molecule has 21 heavy (non-hydrogen) atoms. The molecule has 1 heterocycles. The van der Waals surface area contributed by atoms with Crippen LogP contribution in [-0.4, -0.2) is 31.5 Å². The Morgan fingerprint density at radius 1 is 1.33 bits per heavy atom. The Morgan fingerprint density at radius 2 is 2.14 bits per heavy atom. The summed E-state index contributed by atoms with van der Waals surface area (Å²) in [5, 5.41) is 12.6. The number of ether oxygens (including phenoxy) is 1. The summed E-state index contributed by atoms with van der Waals surface area (Å²) in [6.07, 6.45) is -0.546. The molecule has 0 spiro atoms. The summed E-state index contributed by atoms with van der Waals surface area (Å²) < 4.78 is 24.1. The fraction of sp³-hybridized carbons (Fsp3) is 0.375. The molecular formula is C16H20FNO3.